The second-order valence-corrected chi connectivity index (χ2v) is 3.91. The molecule has 1 aromatic rings. The molecule has 0 radical (unpaired) electrons. The van der Waals surface area contributed by atoms with Gasteiger partial charge >= 0.3 is 0 Å². The molecular formula is C13H23NO4. The highest BCUT2D eigenvalue weighted by molar-refractivity contribution is 5.02. The summed E-state index contributed by atoms with van der Waals surface area (Å²) in [5.41, 5.74) is 0. The van der Waals surface area contributed by atoms with E-state index in [4.69, 9.17) is 18.6 Å². The van der Waals surface area contributed by atoms with Gasteiger partial charge in [0.05, 0.1) is 45.3 Å². The minimum atomic E-state index is 0.210. The van der Waals surface area contributed by atoms with E-state index >= 15 is 0 Å². The number of hydrogen-bond donors (Lipinski definition) is 1. The van der Waals surface area contributed by atoms with Crippen LogP contribution in [0.4, 0.5) is 0 Å². The van der Waals surface area contributed by atoms with Crippen LogP contribution in [-0.2, 0) is 14.2 Å². The molecule has 1 N–H and O–H groups in total. The number of ether oxygens (including phenoxy) is 3. The minimum absolute atomic E-state index is 0.210. The van der Waals surface area contributed by atoms with Gasteiger partial charge < -0.3 is 23.9 Å². The van der Waals surface area contributed by atoms with E-state index in [9.17, 15) is 0 Å². The Balaban J connectivity index is 1.87. The van der Waals surface area contributed by atoms with Gasteiger partial charge in [0.15, 0.2) is 0 Å². The summed E-state index contributed by atoms with van der Waals surface area (Å²) in [4.78, 5) is 0. The van der Waals surface area contributed by atoms with Gasteiger partial charge in [0, 0.05) is 13.7 Å². The highest BCUT2D eigenvalue weighted by Crippen LogP contribution is 2.11. The van der Waals surface area contributed by atoms with E-state index in [0.717, 1.165) is 12.3 Å². The van der Waals surface area contributed by atoms with E-state index in [1.807, 2.05) is 12.1 Å². The topological polar surface area (TPSA) is 52.9 Å². The van der Waals surface area contributed by atoms with Crippen LogP contribution >= 0.6 is 0 Å². The van der Waals surface area contributed by atoms with Crippen LogP contribution in [0.2, 0.25) is 0 Å². The van der Waals surface area contributed by atoms with Crippen LogP contribution in [-0.4, -0.2) is 46.7 Å². The SMILES string of the molecule is COCCOCCOCCN[C@@H](C)c1ccco1. The third-order valence-corrected chi connectivity index (χ3v) is 2.47. The first kappa shape index (κ1) is 15.2. The maximum atomic E-state index is 5.42. The lowest BCUT2D eigenvalue weighted by molar-refractivity contribution is 0.0252. The largest absolute Gasteiger partial charge is 0.468 e. The monoisotopic (exact) mass is 257 g/mol. The molecule has 0 saturated carbocycles. The Morgan fingerprint density at radius 3 is 2.56 bits per heavy atom. The van der Waals surface area contributed by atoms with Crippen molar-refractivity contribution in [1.29, 1.82) is 0 Å². The first-order chi connectivity index (χ1) is 8.84. The summed E-state index contributed by atoms with van der Waals surface area (Å²) in [6, 6.07) is 4.06. The zero-order chi connectivity index (χ0) is 13.1. The van der Waals surface area contributed by atoms with Gasteiger partial charge in [-0.25, -0.2) is 0 Å². The van der Waals surface area contributed by atoms with E-state index in [1.165, 1.54) is 0 Å². The molecule has 5 heteroatoms. The first-order valence-electron chi connectivity index (χ1n) is 6.26. The Kier molecular flexibility index (Phi) is 8.50. The van der Waals surface area contributed by atoms with Crippen LogP contribution in [0.1, 0.15) is 18.7 Å². The van der Waals surface area contributed by atoms with Crippen LogP contribution in [0.15, 0.2) is 22.8 Å². The zero-order valence-electron chi connectivity index (χ0n) is 11.2. The van der Waals surface area contributed by atoms with Gasteiger partial charge in [0.1, 0.15) is 5.76 Å². The second kappa shape index (κ2) is 10.1. The van der Waals surface area contributed by atoms with Crippen molar-refractivity contribution < 1.29 is 18.6 Å². The quantitative estimate of drug-likeness (QED) is 0.610. The van der Waals surface area contributed by atoms with Crippen molar-refractivity contribution in [3.05, 3.63) is 24.2 Å². The number of rotatable bonds is 11. The molecule has 0 saturated heterocycles. The molecule has 1 aromatic heterocycles. The molecule has 1 rings (SSSR count). The molecule has 1 heterocycles. The van der Waals surface area contributed by atoms with Crippen LogP contribution in [0.3, 0.4) is 0 Å². The summed E-state index contributed by atoms with van der Waals surface area (Å²) in [5.74, 6) is 0.942. The van der Waals surface area contributed by atoms with Crippen molar-refractivity contribution in [2.75, 3.05) is 46.7 Å². The van der Waals surface area contributed by atoms with Crippen LogP contribution < -0.4 is 5.32 Å². The van der Waals surface area contributed by atoms with E-state index in [0.29, 0.717) is 33.0 Å². The van der Waals surface area contributed by atoms with E-state index in [1.54, 1.807) is 13.4 Å². The van der Waals surface area contributed by atoms with Gasteiger partial charge in [0.2, 0.25) is 0 Å². The minimum Gasteiger partial charge on any atom is -0.468 e. The molecule has 0 fully saturated rings. The summed E-state index contributed by atoms with van der Waals surface area (Å²) >= 11 is 0. The van der Waals surface area contributed by atoms with Crippen LogP contribution in [0, 0.1) is 0 Å². The average molecular weight is 257 g/mol. The highest BCUT2D eigenvalue weighted by atomic mass is 16.5. The smallest absolute Gasteiger partial charge is 0.120 e. The molecule has 0 amide bonds. The Hall–Kier alpha value is -0.880. The van der Waals surface area contributed by atoms with Crippen molar-refractivity contribution in [3.8, 4) is 0 Å². The molecule has 1 atom stereocenters. The molecule has 5 nitrogen and oxygen atoms in total. The third kappa shape index (κ3) is 6.76. The third-order valence-electron chi connectivity index (χ3n) is 2.47. The van der Waals surface area contributed by atoms with Crippen molar-refractivity contribution in [3.63, 3.8) is 0 Å². The molecule has 0 aliphatic heterocycles. The molecule has 0 aromatic carbocycles. The molecule has 0 spiro atoms. The van der Waals surface area contributed by atoms with E-state index in [2.05, 4.69) is 12.2 Å². The highest BCUT2D eigenvalue weighted by Gasteiger charge is 2.05. The maximum absolute atomic E-state index is 5.42. The molecule has 0 aliphatic rings. The fraction of sp³-hybridized carbons (Fsp3) is 0.692. The van der Waals surface area contributed by atoms with Crippen LogP contribution in [0.5, 0.6) is 0 Å². The fourth-order valence-electron chi connectivity index (χ4n) is 1.45. The van der Waals surface area contributed by atoms with Gasteiger partial charge in [-0.1, -0.05) is 0 Å². The second-order valence-electron chi connectivity index (χ2n) is 3.91. The standard InChI is InChI=1S/C13H23NO4/c1-12(13-4-3-6-18-13)14-5-7-16-10-11-17-9-8-15-2/h3-4,6,12,14H,5,7-11H2,1-2H3/t12-/m0/s1. The number of hydrogen-bond acceptors (Lipinski definition) is 5. The molecule has 0 unspecified atom stereocenters. The van der Waals surface area contributed by atoms with Crippen molar-refractivity contribution in [2.24, 2.45) is 0 Å². The lowest BCUT2D eigenvalue weighted by atomic mass is 10.2. The Bertz CT molecular complexity index is 277. The molecule has 0 aliphatic carbocycles. The number of nitrogens with one attached hydrogen (secondary N) is 1. The first-order valence-corrected chi connectivity index (χ1v) is 6.26. The summed E-state index contributed by atoms with van der Waals surface area (Å²) in [7, 11) is 1.66. The zero-order valence-corrected chi connectivity index (χ0v) is 11.2. The Labute approximate surface area is 108 Å². The van der Waals surface area contributed by atoms with Gasteiger partial charge in [-0.15, -0.1) is 0 Å². The lowest BCUT2D eigenvalue weighted by Gasteiger charge is -2.11. The van der Waals surface area contributed by atoms with E-state index < -0.39 is 0 Å². The lowest BCUT2D eigenvalue weighted by Crippen LogP contribution is -2.23. The molecule has 104 valence electrons. The normalized spacial score (nSPS) is 12.8. The van der Waals surface area contributed by atoms with Crippen molar-refractivity contribution in [1.82, 2.24) is 5.32 Å². The van der Waals surface area contributed by atoms with Crippen LogP contribution in [0.25, 0.3) is 0 Å². The maximum Gasteiger partial charge on any atom is 0.120 e. The average Bonchev–Trinajstić information content (AvgIpc) is 2.90. The predicted octanol–water partition coefficient (Wildman–Crippen LogP) is 1.61. The van der Waals surface area contributed by atoms with Gasteiger partial charge in [-0.05, 0) is 19.1 Å². The Morgan fingerprint density at radius 1 is 1.17 bits per heavy atom. The van der Waals surface area contributed by atoms with E-state index in [-0.39, 0.29) is 6.04 Å². The van der Waals surface area contributed by atoms with Gasteiger partial charge in [-0.3, -0.25) is 0 Å². The summed E-state index contributed by atoms with van der Waals surface area (Å²) in [6.07, 6.45) is 1.68. The predicted molar refractivity (Wildman–Crippen MR) is 68.6 cm³/mol. The Morgan fingerprint density at radius 2 is 1.89 bits per heavy atom. The van der Waals surface area contributed by atoms with Crippen molar-refractivity contribution >= 4 is 0 Å². The fourth-order valence-corrected chi connectivity index (χ4v) is 1.45. The number of furan rings is 1. The molecular weight excluding hydrogens is 234 g/mol. The van der Waals surface area contributed by atoms with Gasteiger partial charge in [-0.2, -0.15) is 0 Å². The molecule has 18 heavy (non-hydrogen) atoms. The summed E-state index contributed by atoms with van der Waals surface area (Å²) < 4.78 is 20.9. The summed E-state index contributed by atoms with van der Waals surface area (Å²) in [6.45, 7) is 5.98. The summed E-state index contributed by atoms with van der Waals surface area (Å²) in [5, 5.41) is 3.32. The van der Waals surface area contributed by atoms with Gasteiger partial charge in [0.25, 0.3) is 0 Å². The molecule has 0 bridgehead atoms. The van der Waals surface area contributed by atoms with Crippen molar-refractivity contribution in [2.45, 2.75) is 13.0 Å². The number of methoxy groups -OCH3 is 1.